The van der Waals surface area contributed by atoms with Crippen molar-refractivity contribution in [2.75, 3.05) is 61.1 Å². The number of carbonyl (C=O) groups excluding carboxylic acids is 1. The van der Waals surface area contributed by atoms with Crippen LogP contribution in [0.1, 0.15) is 24.2 Å². The predicted octanol–water partition coefficient (Wildman–Crippen LogP) is 1.71. The second kappa shape index (κ2) is 9.80. The molecule has 1 aliphatic heterocycles. The number of benzene rings is 1. The Morgan fingerprint density at radius 2 is 1.59 bits per heavy atom. The normalized spacial score (nSPS) is 16.9. The molecule has 27 heavy (non-hydrogen) atoms. The Labute approximate surface area is 162 Å². The molecule has 1 saturated heterocycles. The molecular formula is C20H33N3O4. The van der Waals surface area contributed by atoms with Crippen LogP contribution in [0.2, 0.25) is 0 Å². The highest BCUT2D eigenvalue weighted by molar-refractivity contribution is 5.95. The Bertz CT molecular complexity index is 603. The third kappa shape index (κ3) is 5.26. The highest BCUT2D eigenvalue weighted by Crippen LogP contribution is 2.38. The number of rotatable bonds is 8. The van der Waals surface area contributed by atoms with Gasteiger partial charge in [0.2, 0.25) is 5.75 Å². The molecule has 1 N–H and O–H groups in total. The lowest BCUT2D eigenvalue weighted by Crippen LogP contribution is -2.54. The van der Waals surface area contributed by atoms with Gasteiger partial charge in [0.15, 0.2) is 11.5 Å². The van der Waals surface area contributed by atoms with Crippen molar-refractivity contribution in [1.82, 2.24) is 15.1 Å². The molecular weight excluding hydrogens is 346 g/mol. The van der Waals surface area contributed by atoms with E-state index in [1.807, 2.05) is 0 Å². The topological polar surface area (TPSA) is 63.3 Å². The van der Waals surface area contributed by atoms with Crippen LogP contribution < -0.4 is 19.5 Å². The largest absolute Gasteiger partial charge is 0.493 e. The summed E-state index contributed by atoms with van der Waals surface area (Å²) in [5.41, 5.74) is 0.491. The number of likely N-dealkylation sites (N-methyl/N-ethyl adjacent to an activating group) is 1. The molecule has 1 fully saturated rings. The molecule has 0 radical (unpaired) electrons. The van der Waals surface area contributed by atoms with E-state index in [9.17, 15) is 4.79 Å². The molecule has 0 aromatic heterocycles. The Kier molecular flexibility index (Phi) is 7.74. The van der Waals surface area contributed by atoms with Crippen LogP contribution in [0.25, 0.3) is 0 Å². The molecule has 152 valence electrons. The van der Waals surface area contributed by atoms with Gasteiger partial charge in [-0.15, -0.1) is 0 Å². The monoisotopic (exact) mass is 379 g/mol. The predicted molar refractivity (Wildman–Crippen MR) is 106 cm³/mol. The van der Waals surface area contributed by atoms with Crippen molar-refractivity contribution in [3.8, 4) is 17.2 Å². The van der Waals surface area contributed by atoms with Crippen molar-refractivity contribution >= 4 is 5.91 Å². The number of ether oxygens (including phenoxy) is 3. The van der Waals surface area contributed by atoms with E-state index in [0.29, 0.717) is 41.3 Å². The van der Waals surface area contributed by atoms with Gasteiger partial charge < -0.3 is 24.4 Å². The van der Waals surface area contributed by atoms with Gasteiger partial charge in [-0.1, -0.05) is 13.8 Å². The first-order valence-electron chi connectivity index (χ1n) is 9.42. The van der Waals surface area contributed by atoms with Crippen molar-refractivity contribution in [1.29, 1.82) is 0 Å². The summed E-state index contributed by atoms with van der Waals surface area (Å²) in [5, 5.41) is 3.08. The Morgan fingerprint density at radius 3 is 2.04 bits per heavy atom. The van der Waals surface area contributed by atoms with Gasteiger partial charge in [-0.3, -0.25) is 9.69 Å². The molecule has 0 aliphatic carbocycles. The smallest absolute Gasteiger partial charge is 0.251 e. The summed E-state index contributed by atoms with van der Waals surface area (Å²) < 4.78 is 16.0. The summed E-state index contributed by atoms with van der Waals surface area (Å²) in [5.74, 6) is 1.74. The summed E-state index contributed by atoms with van der Waals surface area (Å²) >= 11 is 0. The third-order valence-electron chi connectivity index (χ3n) is 5.18. The number of piperazine rings is 1. The molecule has 1 aromatic rings. The molecule has 0 spiro atoms. The number of hydrogen-bond acceptors (Lipinski definition) is 6. The third-order valence-corrected chi connectivity index (χ3v) is 5.18. The van der Waals surface area contributed by atoms with Crippen LogP contribution in [0.4, 0.5) is 0 Å². The first-order valence-corrected chi connectivity index (χ1v) is 9.42. The van der Waals surface area contributed by atoms with E-state index in [1.165, 1.54) is 0 Å². The number of methoxy groups -OCH3 is 3. The van der Waals surface area contributed by atoms with Crippen LogP contribution in [0, 0.1) is 5.92 Å². The number of nitrogens with one attached hydrogen (secondary N) is 1. The Morgan fingerprint density at radius 1 is 1.04 bits per heavy atom. The second-order valence-electron chi connectivity index (χ2n) is 7.27. The van der Waals surface area contributed by atoms with E-state index in [2.05, 4.69) is 36.0 Å². The molecule has 0 saturated carbocycles. The quantitative estimate of drug-likeness (QED) is 0.742. The van der Waals surface area contributed by atoms with Crippen LogP contribution in [-0.2, 0) is 0 Å². The number of amides is 1. The fourth-order valence-corrected chi connectivity index (χ4v) is 3.45. The van der Waals surface area contributed by atoms with Crippen molar-refractivity contribution in [2.45, 2.75) is 19.9 Å². The van der Waals surface area contributed by atoms with E-state index >= 15 is 0 Å². The fraction of sp³-hybridized carbons (Fsp3) is 0.650. The lowest BCUT2D eigenvalue weighted by atomic mass is 10.0. The molecule has 7 nitrogen and oxygen atoms in total. The average molecular weight is 380 g/mol. The van der Waals surface area contributed by atoms with E-state index < -0.39 is 0 Å². The summed E-state index contributed by atoms with van der Waals surface area (Å²) in [6, 6.07) is 3.66. The lowest BCUT2D eigenvalue weighted by Gasteiger charge is -2.39. The summed E-state index contributed by atoms with van der Waals surface area (Å²) in [6.07, 6.45) is 0. The molecule has 1 aliphatic rings. The molecule has 1 unspecified atom stereocenters. The minimum atomic E-state index is -0.144. The average Bonchev–Trinajstić information content (AvgIpc) is 2.67. The zero-order valence-corrected chi connectivity index (χ0v) is 17.4. The van der Waals surface area contributed by atoms with Gasteiger partial charge in [0.25, 0.3) is 5.91 Å². The Balaban J connectivity index is 2.09. The van der Waals surface area contributed by atoms with Gasteiger partial charge in [-0.05, 0) is 25.1 Å². The molecule has 2 rings (SSSR count). The van der Waals surface area contributed by atoms with Gasteiger partial charge in [0.05, 0.1) is 21.3 Å². The molecule has 1 heterocycles. The van der Waals surface area contributed by atoms with E-state index in [0.717, 1.165) is 26.2 Å². The van der Waals surface area contributed by atoms with Gasteiger partial charge in [-0.25, -0.2) is 0 Å². The maximum absolute atomic E-state index is 12.8. The van der Waals surface area contributed by atoms with Crippen LogP contribution in [0.5, 0.6) is 17.2 Å². The Hall–Kier alpha value is -1.99. The summed E-state index contributed by atoms with van der Waals surface area (Å²) in [7, 11) is 6.78. The highest BCUT2D eigenvalue weighted by atomic mass is 16.5. The highest BCUT2D eigenvalue weighted by Gasteiger charge is 2.26. The lowest BCUT2D eigenvalue weighted by molar-refractivity contribution is 0.0790. The minimum absolute atomic E-state index is 0.144. The summed E-state index contributed by atoms with van der Waals surface area (Å²) in [4.78, 5) is 17.6. The van der Waals surface area contributed by atoms with E-state index in [-0.39, 0.29) is 5.91 Å². The van der Waals surface area contributed by atoms with Gasteiger partial charge in [0.1, 0.15) is 0 Å². The van der Waals surface area contributed by atoms with Crippen LogP contribution in [-0.4, -0.2) is 82.8 Å². The number of nitrogens with zero attached hydrogens (tertiary/aromatic N) is 2. The van der Waals surface area contributed by atoms with Gasteiger partial charge in [0, 0.05) is 44.3 Å². The zero-order valence-electron chi connectivity index (χ0n) is 17.4. The molecule has 7 heteroatoms. The van der Waals surface area contributed by atoms with Crippen molar-refractivity contribution in [3.05, 3.63) is 17.7 Å². The van der Waals surface area contributed by atoms with Crippen molar-refractivity contribution in [3.63, 3.8) is 0 Å². The number of carbonyl (C=O) groups is 1. The molecule has 1 amide bonds. The minimum Gasteiger partial charge on any atom is -0.493 e. The van der Waals surface area contributed by atoms with Crippen LogP contribution in [0.15, 0.2) is 12.1 Å². The van der Waals surface area contributed by atoms with Crippen molar-refractivity contribution in [2.24, 2.45) is 5.92 Å². The molecule has 1 aromatic carbocycles. The second-order valence-corrected chi connectivity index (χ2v) is 7.27. The van der Waals surface area contributed by atoms with Gasteiger partial charge in [-0.2, -0.15) is 0 Å². The fourth-order valence-electron chi connectivity index (χ4n) is 3.45. The number of hydrogen-bond donors (Lipinski definition) is 1. The standard InChI is InChI=1S/C20H33N3O4/c1-14(2)16(23-9-7-22(3)8-10-23)13-21-20(24)15-11-17(25-4)19(27-6)18(12-15)26-5/h11-12,14,16H,7-10,13H2,1-6H3,(H,21,24). The van der Waals surface area contributed by atoms with Crippen LogP contribution in [0.3, 0.4) is 0 Å². The maximum Gasteiger partial charge on any atom is 0.251 e. The van der Waals surface area contributed by atoms with Crippen LogP contribution >= 0.6 is 0 Å². The zero-order chi connectivity index (χ0) is 20.0. The van der Waals surface area contributed by atoms with E-state index in [1.54, 1.807) is 33.5 Å². The first kappa shape index (κ1) is 21.3. The summed E-state index contributed by atoms with van der Waals surface area (Å²) in [6.45, 7) is 9.19. The molecule has 0 bridgehead atoms. The SMILES string of the molecule is COc1cc(C(=O)NCC(C(C)C)N2CCN(C)CC2)cc(OC)c1OC. The first-order chi connectivity index (χ1) is 12.9. The van der Waals surface area contributed by atoms with E-state index in [4.69, 9.17) is 14.2 Å². The molecule has 1 atom stereocenters. The van der Waals surface area contributed by atoms with Crippen molar-refractivity contribution < 1.29 is 19.0 Å². The maximum atomic E-state index is 12.8. The van der Waals surface area contributed by atoms with Gasteiger partial charge >= 0.3 is 0 Å².